The summed E-state index contributed by atoms with van der Waals surface area (Å²) < 4.78 is 10.7. The summed E-state index contributed by atoms with van der Waals surface area (Å²) in [5.74, 6) is 1.58. The van der Waals surface area contributed by atoms with Crippen LogP contribution in [0.4, 0.5) is 5.69 Å². The summed E-state index contributed by atoms with van der Waals surface area (Å²) in [6, 6.07) is 11.9. The van der Waals surface area contributed by atoms with E-state index in [0.29, 0.717) is 5.11 Å². The van der Waals surface area contributed by atoms with Gasteiger partial charge in [0.2, 0.25) is 0 Å². The second-order valence-electron chi connectivity index (χ2n) is 5.73. The molecule has 5 heteroatoms. The van der Waals surface area contributed by atoms with Crippen molar-refractivity contribution in [3.8, 4) is 11.5 Å². The van der Waals surface area contributed by atoms with E-state index in [1.165, 1.54) is 11.1 Å². The zero-order chi connectivity index (χ0) is 17.7. The summed E-state index contributed by atoms with van der Waals surface area (Å²) in [5, 5.41) is 7.08. The first-order valence-electron chi connectivity index (χ1n) is 7.81. The lowest BCUT2D eigenvalue weighted by Gasteiger charge is -2.20. The average Bonchev–Trinajstić information content (AvgIpc) is 2.57. The Balaban J connectivity index is 2.09. The average molecular weight is 344 g/mol. The highest BCUT2D eigenvalue weighted by Gasteiger charge is 2.14. The van der Waals surface area contributed by atoms with Crippen molar-refractivity contribution in [2.24, 2.45) is 0 Å². The van der Waals surface area contributed by atoms with Crippen LogP contribution in [0.3, 0.4) is 0 Å². The normalized spacial score (nSPS) is 11.5. The van der Waals surface area contributed by atoms with Crippen LogP contribution in [0.2, 0.25) is 0 Å². The van der Waals surface area contributed by atoms with Gasteiger partial charge in [0.05, 0.1) is 20.3 Å². The Morgan fingerprint density at radius 2 is 1.75 bits per heavy atom. The fourth-order valence-electron chi connectivity index (χ4n) is 2.44. The highest BCUT2D eigenvalue weighted by atomic mass is 32.1. The molecule has 0 unspecified atom stereocenters. The Morgan fingerprint density at radius 3 is 2.38 bits per heavy atom. The summed E-state index contributed by atoms with van der Waals surface area (Å²) >= 11 is 5.43. The van der Waals surface area contributed by atoms with Crippen LogP contribution in [0.5, 0.6) is 11.5 Å². The molecule has 1 atom stereocenters. The van der Waals surface area contributed by atoms with E-state index in [1.807, 2.05) is 31.2 Å². The maximum atomic E-state index is 5.44. The summed E-state index contributed by atoms with van der Waals surface area (Å²) in [4.78, 5) is 0. The molecule has 0 saturated carbocycles. The van der Waals surface area contributed by atoms with Gasteiger partial charge in [-0.2, -0.15) is 0 Å². The topological polar surface area (TPSA) is 42.5 Å². The zero-order valence-corrected chi connectivity index (χ0v) is 15.6. The number of hydrogen-bond acceptors (Lipinski definition) is 3. The number of rotatable bonds is 5. The molecule has 0 fully saturated rings. The first-order chi connectivity index (χ1) is 11.4. The minimum atomic E-state index is -0.0263. The minimum absolute atomic E-state index is 0.0263. The summed E-state index contributed by atoms with van der Waals surface area (Å²) in [6.45, 7) is 6.21. The molecule has 2 rings (SSSR count). The second-order valence-corrected chi connectivity index (χ2v) is 6.14. The maximum absolute atomic E-state index is 5.44. The number of anilines is 1. The third-order valence-corrected chi connectivity index (χ3v) is 4.24. The molecule has 2 N–H and O–H groups in total. The number of benzene rings is 2. The van der Waals surface area contributed by atoms with Gasteiger partial charge in [-0.1, -0.05) is 6.07 Å². The van der Waals surface area contributed by atoms with Gasteiger partial charge in [-0.25, -0.2) is 0 Å². The van der Waals surface area contributed by atoms with E-state index < -0.39 is 0 Å². The van der Waals surface area contributed by atoms with Gasteiger partial charge >= 0.3 is 0 Å². The van der Waals surface area contributed by atoms with Crippen LogP contribution in [0.15, 0.2) is 36.4 Å². The third kappa shape index (κ3) is 4.38. The minimum Gasteiger partial charge on any atom is -0.497 e. The van der Waals surface area contributed by atoms with E-state index in [4.69, 9.17) is 21.7 Å². The van der Waals surface area contributed by atoms with Crippen molar-refractivity contribution in [2.75, 3.05) is 19.5 Å². The van der Waals surface area contributed by atoms with E-state index in [2.05, 4.69) is 36.6 Å². The summed E-state index contributed by atoms with van der Waals surface area (Å²) in [7, 11) is 3.30. The van der Waals surface area contributed by atoms with Gasteiger partial charge in [-0.05, 0) is 74.4 Å². The van der Waals surface area contributed by atoms with E-state index >= 15 is 0 Å². The number of ether oxygens (including phenoxy) is 2. The van der Waals surface area contributed by atoms with Crippen molar-refractivity contribution in [3.63, 3.8) is 0 Å². The van der Waals surface area contributed by atoms with Gasteiger partial charge in [0.25, 0.3) is 0 Å². The van der Waals surface area contributed by atoms with Gasteiger partial charge in [-0.15, -0.1) is 0 Å². The van der Waals surface area contributed by atoms with Crippen LogP contribution in [0, 0.1) is 13.8 Å². The van der Waals surface area contributed by atoms with Gasteiger partial charge in [-0.3, -0.25) is 0 Å². The first-order valence-corrected chi connectivity index (χ1v) is 8.22. The highest BCUT2D eigenvalue weighted by Crippen LogP contribution is 2.29. The SMILES string of the molecule is COc1ccc(OC)c([C@H](C)NC(=S)Nc2ccc(C)c(C)c2)c1. The highest BCUT2D eigenvalue weighted by molar-refractivity contribution is 7.80. The van der Waals surface area contributed by atoms with Crippen LogP contribution in [-0.4, -0.2) is 19.3 Å². The fourth-order valence-corrected chi connectivity index (χ4v) is 2.73. The quantitative estimate of drug-likeness (QED) is 0.789. The van der Waals surface area contributed by atoms with Gasteiger partial charge in [0, 0.05) is 11.3 Å². The number of methoxy groups -OCH3 is 2. The van der Waals surface area contributed by atoms with E-state index in [-0.39, 0.29) is 6.04 Å². The van der Waals surface area contributed by atoms with E-state index in [9.17, 15) is 0 Å². The van der Waals surface area contributed by atoms with Crippen molar-refractivity contribution in [1.29, 1.82) is 0 Å². The molecule has 0 aliphatic heterocycles. The van der Waals surface area contributed by atoms with Crippen LogP contribution < -0.4 is 20.1 Å². The zero-order valence-electron chi connectivity index (χ0n) is 14.8. The summed E-state index contributed by atoms with van der Waals surface area (Å²) in [5.41, 5.74) is 4.45. The fraction of sp³-hybridized carbons (Fsp3) is 0.316. The molecule has 0 amide bonds. The molecule has 0 bridgehead atoms. The van der Waals surface area contributed by atoms with Crippen LogP contribution in [0.25, 0.3) is 0 Å². The predicted octanol–water partition coefficient (Wildman–Crippen LogP) is 4.37. The van der Waals surface area contributed by atoms with Crippen molar-refractivity contribution in [1.82, 2.24) is 5.32 Å². The van der Waals surface area contributed by atoms with Gasteiger partial charge < -0.3 is 20.1 Å². The molecule has 0 spiro atoms. The Morgan fingerprint density at radius 1 is 1.00 bits per heavy atom. The standard InChI is InChI=1S/C19H24N2O2S/c1-12-6-7-15(10-13(12)2)21-19(24)20-14(3)17-11-16(22-4)8-9-18(17)23-5/h6-11,14H,1-5H3,(H2,20,21,24)/t14-/m0/s1. The van der Waals surface area contributed by atoms with E-state index in [1.54, 1.807) is 14.2 Å². The molecule has 4 nitrogen and oxygen atoms in total. The van der Waals surface area contributed by atoms with Crippen molar-refractivity contribution in [2.45, 2.75) is 26.8 Å². The largest absolute Gasteiger partial charge is 0.497 e. The lowest BCUT2D eigenvalue weighted by atomic mass is 10.1. The molecule has 0 saturated heterocycles. The smallest absolute Gasteiger partial charge is 0.171 e. The van der Waals surface area contributed by atoms with Crippen molar-refractivity contribution in [3.05, 3.63) is 53.1 Å². The first kappa shape index (κ1) is 18.1. The molecular formula is C19H24N2O2S. The number of nitrogens with one attached hydrogen (secondary N) is 2. The number of thiocarbonyl (C=S) groups is 1. The van der Waals surface area contributed by atoms with Crippen LogP contribution in [0.1, 0.15) is 29.7 Å². The summed E-state index contributed by atoms with van der Waals surface area (Å²) in [6.07, 6.45) is 0. The molecule has 24 heavy (non-hydrogen) atoms. The Hall–Kier alpha value is -2.27. The predicted molar refractivity (Wildman–Crippen MR) is 103 cm³/mol. The third-order valence-electron chi connectivity index (χ3n) is 4.02. The Kier molecular flexibility index (Phi) is 6.04. The molecule has 128 valence electrons. The maximum Gasteiger partial charge on any atom is 0.171 e. The number of hydrogen-bond donors (Lipinski definition) is 2. The van der Waals surface area contributed by atoms with Crippen LogP contribution >= 0.6 is 12.2 Å². The molecular weight excluding hydrogens is 320 g/mol. The lowest BCUT2D eigenvalue weighted by molar-refractivity contribution is 0.395. The molecule has 0 heterocycles. The van der Waals surface area contributed by atoms with E-state index in [0.717, 1.165) is 22.7 Å². The Bertz CT molecular complexity index is 731. The molecule has 0 aromatic heterocycles. The number of aryl methyl sites for hydroxylation is 2. The molecule has 0 aliphatic rings. The molecule has 0 aliphatic carbocycles. The second kappa shape index (κ2) is 8.02. The monoisotopic (exact) mass is 344 g/mol. The van der Waals surface area contributed by atoms with Crippen molar-refractivity contribution < 1.29 is 9.47 Å². The molecule has 2 aromatic rings. The van der Waals surface area contributed by atoms with Crippen molar-refractivity contribution >= 4 is 23.0 Å². The Labute approximate surface area is 149 Å². The molecule has 0 radical (unpaired) electrons. The molecule has 2 aromatic carbocycles. The van der Waals surface area contributed by atoms with Gasteiger partial charge in [0.15, 0.2) is 5.11 Å². The van der Waals surface area contributed by atoms with Crippen LogP contribution in [-0.2, 0) is 0 Å². The van der Waals surface area contributed by atoms with Gasteiger partial charge in [0.1, 0.15) is 11.5 Å². The lowest BCUT2D eigenvalue weighted by Crippen LogP contribution is -2.31.